The second-order valence-corrected chi connectivity index (χ2v) is 5.23. The summed E-state index contributed by atoms with van der Waals surface area (Å²) in [5, 5.41) is 0. The van der Waals surface area contributed by atoms with Gasteiger partial charge in [-0.25, -0.2) is 4.98 Å². The van der Waals surface area contributed by atoms with Crippen LogP contribution < -0.4 is 0 Å². The Morgan fingerprint density at radius 2 is 2.00 bits per heavy atom. The fourth-order valence-corrected chi connectivity index (χ4v) is 2.21. The van der Waals surface area contributed by atoms with Crippen molar-refractivity contribution in [2.75, 3.05) is 0 Å². The summed E-state index contributed by atoms with van der Waals surface area (Å²) in [7, 11) is 0. The zero-order valence-electron chi connectivity index (χ0n) is 8.94. The Kier molecular flexibility index (Phi) is 2.56. The molecule has 3 heteroatoms. The Morgan fingerprint density at radius 1 is 1.25 bits per heavy atom. The van der Waals surface area contributed by atoms with Gasteiger partial charge < -0.3 is 4.57 Å². The van der Waals surface area contributed by atoms with E-state index < -0.39 is 0 Å². The van der Waals surface area contributed by atoms with Gasteiger partial charge in [-0.1, -0.05) is 28.1 Å². The third-order valence-corrected chi connectivity index (χ3v) is 3.49. The molecule has 3 rings (SSSR count). The van der Waals surface area contributed by atoms with E-state index in [9.17, 15) is 0 Å². The van der Waals surface area contributed by atoms with Gasteiger partial charge in [0, 0.05) is 29.3 Å². The predicted molar refractivity (Wildman–Crippen MR) is 67.4 cm³/mol. The fourth-order valence-electron chi connectivity index (χ4n) is 1.94. The second-order valence-electron chi connectivity index (χ2n) is 4.31. The van der Waals surface area contributed by atoms with Crippen LogP contribution >= 0.6 is 15.9 Å². The molecule has 0 saturated heterocycles. The number of halogens is 1. The number of hydrogen-bond acceptors (Lipinski definition) is 1. The van der Waals surface area contributed by atoms with Crippen LogP contribution in [0, 0.1) is 0 Å². The van der Waals surface area contributed by atoms with Gasteiger partial charge in [0.25, 0.3) is 0 Å². The van der Waals surface area contributed by atoms with Gasteiger partial charge in [-0.05, 0) is 30.5 Å². The van der Waals surface area contributed by atoms with Crippen LogP contribution in [-0.4, -0.2) is 9.55 Å². The highest BCUT2D eigenvalue weighted by Crippen LogP contribution is 2.39. The fraction of sp³-hybridized carbons (Fsp3) is 0.308. The molecule has 0 bridgehead atoms. The molecule has 0 spiro atoms. The molecule has 0 amide bonds. The van der Waals surface area contributed by atoms with Crippen LogP contribution in [0.3, 0.4) is 0 Å². The van der Waals surface area contributed by atoms with Crippen molar-refractivity contribution in [3.8, 4) is 0 Å². The van der Waals surface area contributed by atoms with Crippen molar-refractivity contribution in [3.63, 3.8) is 0 Å². The van der Waals surface area contributed by atoms with E-state index in [1.807, 2.05) is 6.20 Å². The molecule has 0 aliphatic heterocycles. The molecule has 1 heterocycles. The normalized spacial score (nSPS) is 15.3. The standard InChI is InChI=1S/C13H13BrN2/c14-12-5-1-10(2-6-12)9-16-8-7-15-13(16)11-3-4-11/h1-2,5-8,11H,3-4,9H2. The number of rotatable bonds is 3. The second kappa shape index (κ2) is 4.06. The largest absolute Gasteiger partial charge is 0.330 e. The zero-order valence-corrected chi connectivity index (χ0v) is 10.5. The van der Waals surface area contributed by atoms with E-state index in [1.54, 1.807) is 0 Å². The maximum Gasteiger partial charge on any atom is 0.112 e. The first-order valence-electron chi connectivity index (χ1n) is 5.58. The van der Waals surface area contributed by atoms with E-state index in [1.165, 1.54) is 24.2 Å². The third kappa shape index (κ3) is 2.05. The molecule has 0 N–H and O–H groups in total. The highest BCUT2D eigenvalue weighted by molar-refractivity contribution is 9.10. The molecule has 0 atom stereocenters. The lowest BCUT2D eigenvalue weighted by atomic mass is 10.2. The average Bonchev–Trinajstić information content (AvgIpc) is 3.03. The SMILES string of the molecule is Brc1ccc(Cn2ccnc2C2CC2)cc1. The minimum absolute atomic E-state index is 0.713. The number of imidazole rings is 1. The highest BCUT2D eigenvalue weighted by Gasteiger charge is 2.27. The Morgan fingerprint density at radius 3 is 2.69 bits per heavy atom. The van der Waals surface area contributed by atoms with Crippen molar-refractivity contribution in [2.45, 2.75) is 25.3 Å². The maximum absolute atomic E-state index is 4.45. The Bertz CT molecular complexity index is 483. The van der Waals surface area contributed by atoms with E-state index in [-0.39, 0.29) is 0 Å². The first-order chi connectivity index (χ1) is 7.83. The number of benzene rings is 1. The molecule has 82 valence electrons. The van der Waals surface area contributed by atoms with E-state index in [2.05, 4.69) is 55.9 Å². The predicted octanol–water partition coefficient (Wildman–Crippen LogP) is 3.57. The van der Waals surface area contributed by atoms with Gasteiger partial charge in [0.2, 0.25) is 0 Å². The monoisotopic (exact) mass is 276 g/mol. The summed E-state index contributed by atoms with van der Waals surface area (Å²) in [5.74, 6) is 1.97. The van der Waals surface area contributed by atoms with Crippen LogP contribution in [0.2, 0.25) is 0 Å². The van der Waals surface area contributed by atoms with Crippen LogP contribution in [-0.2, 0) is 6.54 Å². The summed E-state index contributed by atoms with van der Waals surface area (Å²) in [6.07, 6.45) is 6.59. The van der Waals surface area contributed by atoms with Gasteiger partial charge in [-0.2, -0.15) is 0 Å². The van der Waals surface area contributed by atoms with Crippen LogP contribution in [0.5, 0.6) is 0 Å². The van der Waals surface area contributed by atoms with Crippen molar-refractivity contribution in [3.05, 3.63) is 52.5 Å². The van der Waals surface area contributed by atoms with Crippen LogP contribution in [0.4, 0.5) is 0 Å². The minimum atomic E-state index is 0.713. The summed E-state index contributed by atoms with van der Waals surface area (Å²) >= 11 is 3.45. The highest BCUT2D eigenvalue weighted by atomic mass is 79.9. The number of hydrogen-bond donors (Lipinski definition) is 0. The summed E-state index contributed by atoms with van der Waals surface area (Å²) in [5.41, 5.74) is 1.32. The Hall–Kier alpha value is -1.09. The molecule has 0 unspecified atom stereocenters. The van der Waals surface area contributed by atoms with Gasteiger partial charge in [0.1, 0.15) is 5.82 Å². The van der Waals surface area contributed by atoms with Crippen molar-refractivity contribution >= 4 is 15.9 Å². The van der Waals surface area contributed by atoms with Crippen molar-refractivity contribution in [2.24, 2.45) is 0 Å². The smallest absolute Gasteiger partial charge is 0.112 e. The summed E-state index contributed by atoms with van der Waals surface area (Å²) in [6, 6.07) is 8.48. The molecule has 16 heavy (non-hydrogen) atoms. The van der Waals surface area contributed by atoms with Gasteiger partial charge in [-0.15, -0.1) is 0 Å². The van der Waals surface area contributed by atoms with E-state index >= 15 is 0 Å². The minimum Gasteiger partial charge on any atom is -0.330 e. The number of nitrogens with zero attached hydrogens (tertiary/aromatic N) is 2. The van der Waals surface area contributed by atoms with Crippen LogP contribution in [0.25, 0.3) is 0 Å². The lowest BCUT2D eigenvalue weighted by Gasteiger charge is -2.07. The molecule has 1 aromatic heterocycles. The molecule has 2 aromatic rings. The quantitative estimate of drug-likeness (QED) is 0.838. The first kappa shape index (κ1) is 10.1. The molecule has 1 aliphatic rings. The zero-order chi connectivity index (χ0) is 11.0. The Labute approximate surface area is 103 Å². The molecule has 2 nitrogen and oxygen atoms in total. The molecule has 1 aromatic carbocycles. The lowest BCUT2D eigenvalue weighted by Crippen LogP contribution is -2.02. The maximum atomic E-state index is 4.45. The molecular weight excluding hydrogens is 264 g/mol. The van der Waals surface area contributed by atoms with Gasteiger partial charge >= 0.3 is 0 Å². The van der Waals surface area contributed by atoms with E-state index in [0.717, 1.165) is 11.0 Å². The van der Waals surface area contributed by atoms with Crippen molar-refractivity contribution in [1.29, 1.82) is 0 Å². The van der Waals surface area contributed by atoms with Crippen molar-refractivity contribution < 1.29 is 0 Å². The summed E-state index contributed by atoms with van der Waals surface area (Å²) in [4.78, 5) is 4.45. The lowest BCUT2D eigenvalue weighted by molar-refractivity contribution is 0.726. The van der Waals surface area contributed by atoms with Gasteiger partial charge in [0.05, 0.1) is 0 Å². The Balaban J connectivity index is 1.82. The van der Waals surface area contributed by atoms with Crippen LogP contribution in [0.1, 0.15) is 30.1 Å². The molecule has 0 radical (unpaired) electrons. The summed E-state index contributed by atoms with van der Waals surface area (Å²) in [6.45, 7) is 0.930. The van der Waals surface area contributed by atoms with E-state index in [0.29, 0.717) is 5.92 Å². The van der Waals surface area contributed by atoms with E-state index in [4.69, 9.17) is 0 Å². The molecule has 1 saturated carbocycles. The average molecular weight is 277 g/mol. The van der Waals surface area contributed by atoms with Gasteiger partial charge in [0.15, 0.2) is 0 Å². The van der Waals surface area contributed by atoms with Crippen LogP contribution in [0.15, 0.2) is 41.1 Å². The topological polar surface area (TPSA) is 17.8 Å². The molecule has 1 aliphatic carbocycles. The number of aromatic nitrogens is 2. The molecular formula is C13H13BrN2. The van der Waals surface area contributed by atoms with Gasteiger partial charge in [-0.3, -0.25) is 0 Å². The first-order valence-corrected chi connectivity index (χ1v) is 6.38. The molecule has 1 fully saturated rings. The van der Waals surface area contributed by atoms with Crippen molar-refractivity contribution in [1.82, 2.24) is 9.55 Å². The third-order valence-electron chi connectivity index (χ3n) is 2.96. The summed E-state index contributed by atoms with van der Waals surface area (Å²) < 4.78 is 3.39.